The lowest BCUT2D eigenvalue weighted by atomic mass is 10.2. The Morgan fingerprint density at radius 3 is 2.62 bits per heavy atom. The van der Waals surface area contributed by atoms with E-state index in [1.807, 2.05) is 0 Å². The highest BCUT2D eigenvalue weighted by atomic mass is 79.9. The van der Waals surface area contributed by atoms with Crippen LogP contribution in [0.2, 0.25) is 0 Å². The van der Waals surface area contributed by atoms with Crippen molar-refractivity contribution >= 4 is 22.1 Å². The van der Waals surface area contributed by atoms with E-state index in [1.54, 1.807) is 6.92 Å². The highest BCUT2D eigenvalue weighted by molar-refractivity contribution is 9.09. The van der Waals surface area contributed by atoms with Crippen LogP contribution >= 0.6 is 15.9 Å². The Balaban J connectivity index is 4.29. The number of allylic oxidation sites excluding steroid dienone is 3. The molecular formula is C8H10BrF2NO. The SMILES string of the molecule is C/C(C=N)=C(/C=C/OC(F)F)CBr. The fourth-order valence-corrected chi connectivity index (χ4v) is 1.18. The molecule has 0 aliphatic carbocycles. The summed E-state index contributed by atoms with van der Waals surface area (Å²) in [6.07, 6.45) is 3.48. The number of hydrogen-bond acceptors (Lipinski definition) is 2. The molecule has 1 N–H and O–H groups in total. The van der Waals surface area contributed by atoms with E-state index in [1.165, 1.54) is 6.08 Å². The third kappa shape index (κ3) is 5.52. The quantitative estimate of drug-likeness (QED) is 0.347. The fourth-order valence-electron chi connectivity index (χ4n) is 0.555. The van der Waals surface area contributed by atoms with Gasteiger partial charge >= 0.3 is 6.61 Å². The second-order valence-electron chi connectivity index (χ2n) is 2.19. The predicted molar refractivity (Wildman–Crippen MR) is 51.5 cm³/mol. The Labute approximate surface area is 83.9 Å². The highest BCUT2D eigenvalue weighted by Gasteiger charge is 1.98. The van der Waals surface area contributed by atoms with Crippen LogP contribution in [0.15, 0.2) is 23.5 Å². The summed E-state index contributed by atoms with van der Waals surface area (Å²) in [5, 5.41) is 7.43. The lowest BCUT2D eigenvalue weighted by Gasteiger charge is -2.00. The van der Waals surface area contributed by atoms with Crippen molar-refractivity contribution in [2.75, 3.05) is 5.33 Å². The molecule has 0 aromatic heterocycles. The first-order valence-corrected chi connectivity index (χ1v) is 4.60. The summed E-state index contributed by atoms with van der Waals surface area (Å²) in [4.78, 5) is 0. The number of halogens is 3. The van der Waals surface area contributed by atoms with Crippen LogP contribution in [0.5, 0.6) is 0 Å². The Kier molecular flexibility index (Phi) is 6.40. The van der Waals surface area contributed by atoms with Gasteiger partial charge in [0.25, 0.3) is 0 Å². The van der Waals surface area contributed by atoms with Crippen LogP contribution in [0.25, 0.3) is 0 Å². The second-order valence-corrected chi connectivity index (χ2v) is 2.75. The summed E-state index contributed by atoms with van der Waals surface area (Å²) in [5.74, 6) is 0. The van der Waals surface area contributed by atoms with Crippen LogP contribution in [0, 0.1) is 5.41 Å². The van der Waals surface area contributed by atoms with Crippen molar-refractivity contribution in [2.24, 2.45) is 0 Å². The van der Waals surface area contributed by atoms with E-state index >= 15 is 0 Å². The Bertz CT molecular complexity index is 226. The van der Waals surface area contributed by atoms with E-state index in [0.29, 0.717) is 10.9 Å². The molecule has 2 nitrogen and oxygen atoms in total. The van der Waals surface area contributed by atoms with Gasteiger partial charge in [0.1, 0.15) is 0 Å². The molecule has 0 heterocycles. The fraction of sp³-hybridized carbons (Fsp3) is 0.375. The summed E-state index contributed by atoms with van der Waals surface area (Å²) in [6, 6.07) is 0. The normalized spacial score (nSPS) is 13.3. The van der Waals surface area contributed by atoms with E-state index < -0.39 is 6.61 Å². The zero-order chi connectivity index (χ0) is 10.3. The Morgan fingerprint density at radius 2 is 2.23 bits per heavy atom. The average Bonchev–Trinajstić information content (AvgIpc) is 2.11. The largest absolute Gasteiger partial charge is 0.443 e. The van der Waals surface area contributed by atoms with Crippen LogP contribution in [-0.2, 0) is 4.74 Å². The maximum Gasteiger partial charge on any atom is 0.386 e. The van der Waals surface area contributed by atoms with Crippen molar-refractivity contribution in [3.8, 4) is 0 Å². The molecule has 0 atom stereocenters. The van der Waals surface area contributed by atoms with Crippen LogP contribution in [0.4, 0.5) is 8.78 Å². The molecule has 0 amide bonds. The lowest BCUT2D eigenvalue weighted by molar-refractivity contribution is -0.0829. The van der Waals surface area contributed by atoms with Gasteiger partial charge in [-0.1, -0.05) is 15.9 Å². The molecular weight excluding hydrogens is 244 g/mol. The summed E-state index contributed by atoms with van der Waals surface area (Å²) in [6.45, 7) is -1.08. The van der Waals surface area contributed by atoms with Crippen molar-refractivity contribution in [2.45, 2.75) is 13.5 Å². The average molecular weight is 254 g/mol. The highest BCUT2D eigenvalue weighted by Crippen LogP contribution is 2.08. The minimum absolute atomic E-state index is 0.497. The molecule has 0 saturated heterocycles. The van der Waals surface area contributed by atoms with Gasteiger partial charge in [0, 0.05) is 11.5 Å². The number of ether oxygens (including phenoxy) is 1. The standard InChI is InChI=1S/C8H10BrF2NO/c1-6(5-12)7(4-9)2-3-13-8(10)11/h2-3,5,8,12H,4H2,1H3/b3-2+,7-6+,12-5?. The van der Waals surface area contributed by atoms with E-state index in [4.69, 9.17) is 5.41 Å². The zero-order valence-corrected chi connectivity index (χ0v) is 8.64. The molecule has 0 saturated carbocycles. The minimum atomic E-state index is -2.80. The first kappa shape index (κ1) is 12.3. The maximum absolute atomic E-state index is 11.5. The van der Waals surface area contributed by atoms with E-state index in [2.05, 4.69) is 20.7 Å². The smallest absolute Gasteiger partial charge is 0.386 e. The molecule has 0 unspecified atom stereocenters. The van der Waals surface area contributed by atoms with Crippen molar-refractivity contribution in [3.05, 3.63) is 23.5 Å². The van der Waals surface area contributed by atoms with Gasteiger partial charge in [-0.15, -0.1) is 0 Å². The summed E-state index contributed by atoms with van der Waals surface area (Å²) < 4.78 is 27.0. The number of hydrogen-bond donors (Lipinski definition) is 1. The van der Waals surface area contributed by atoms with E-state index in [-0.39, 0.29) is 0 Å². The number of alkyl halides is 3. The van der Waals surface area contributed by atoms with Gasteiger partial charge in [0.2, 0.25) is 0 Å². The lowest BCUT2D eigenvalue weighted by Crippen LogP contribution is -1.92. The van der Waals surface area contributed by atoms with Crippen molar-refractivity contribution in [3.63, 3.8) is 0 Å². The van der Waals surface area contributed by atoms with Gasteiger partial charge in [-0.05, 0) is 24.1 Å². The molecule has 13 heavy (non-hydrogen) atoms. The zero-order valence-electron chi connectivity index (χ0n) is 7.06. The van der Waals surface area contributed by atoms with Gasteiger partial charge < -0.3 is 10.1 Å². The van der Waals surface area contributed by atoms with Crippen LogP contribution in [-0.4, -0.2) is 18.2 Å². The molecule has 0 fully saturated rings. The number of nitrogens with one attached hydrogen (secondary N) is 1. The first-order valence-electron chi connectivity index (χ1n) is 3.48. The Hall–Kier alpha value is -0.710. The predicted octanol–water partition coefficient (Wildman–Crippen LogP) is 3.10. The molecule has 0 aliphatic rings. The molecule has 0 aliphatic heterocycles. The summed E-state index contributed by atoms with van der Waals surface area (Å²) in [5.41, 5.74) is 1.43. The molecule has 0 rings (SSSR count). The molecule has 0 radical (unpaired) electrons. The maximum atomic E-state index is 11.5. The monoisotopic (exact) mass is 253 g/mol. The molecule has 0 bridgehead atoms. The minimum Gasteiger partial charge on any atom is -0.443 e. The first-order chi connectivity index (χ1) is 6.11. The van der Waals surface area contributed by atoms with Gasteiger partial charge in [-0.25, -0.2) is 0 Å². The third-order valence-corrected chi connectivity index (χ3v) is 1.92. The van der Waals surface area contributed by atoms with E-state index in [9.17, 15) is 8.78 Å². The van der Waals surface area contributed by atoms with Gasteiger partial charge in [0.15, 0.2) is 0 Å². The van der Waals surface area contributed by atoms with Crippen molar-refractivity contribution in [1.82, 2.24) is 0 Å². The van der Waals surface area contributed by atoms with Crippen LogP contribution < -0.4 is 0 Å². The molecule has 5 heteroatoms. The van der Waals surface area contributed by atoms with Gasteiger partial charge in [-0.2, -0.15) is 8.78 Å². The third-order valence-electron chi connectivity index (χ3n) is 1.32. The van der Waals surface area contributed by atoms with Gasteiger partial charge in [-0.3, -0.25) is 0 Å². The van der Waals surface area contributed by atoms with Crippen molar-refractivity contribution in [1.29, 1.82) is 5.41 Å². The summed E-state index contributed by atoms with van der Waals surface area (Å²) in [7, 11) is 0. The topological polar surface area (TPSA) is 33.1 Å². The van der Waals surface area contributed by atoms with E-state index in [0.717, 1.165) is 18.0 Å². The molecule has 0 spiro atoms. The van der Waals surface area contributed by atoms with Crippen LogP contribution in [0.3, 0.4) is 0 Å². The van der Waals surface area contributed by atoms with Gasteiger partial charge in [0.05, 0.1) is 6.26 Å². The van der Waals surface area contributed by atoms with Crippen LogP contribution in [0.1, 0.15) is 6.92 Å². The van der Waals surface area contributed by atoms with Crippen molar-refractivity contribution < 1.29 is 13.5 Å². The number of rotatable bonds is 5. The molecule has 74 valence electrons. The molecule has 0 aromatic rings. The second kappa shape index (κ2) is 6.77. The summed E-state index contributed by atoms with van der Waals surface area (Å²) >= 11 is 3.17. The Morgan fingerprint density at radius 1 is 1.62 bits per heavy atom. The molecule has 0 aromatic carbocycles.